The van der Waals surface area contributed by atoms with E-state index in [1.165, 1.54) is 0 Å². The number of amides is 2. The van der Waals surface area contributed by atoms with Crippen LogP contribution in [0.4, 0.5) is 0 Å². The normalized spacial score (nSPS) is 33.8. The summed E-state index contributed by atoms with van der Waals surface area (Å²) in [5.74, 6) is 0.780. The molecule has 102 valence electrons. The second kappa shape index (κ2) is 5.69. The molecule has 0 aromatic rings. The van der Waals surface area contributed by atoms with Gasteiger partial charge in [0.15, 0.2) is 0 Å². The third-order valence-corrected chi connectivity index (χ3v) is 4.21. The first-order valence-electron chi connectivity index (χ1n) is 6.89. The zero-order valence-electron chi connectivity index (χ0n) is 11.0. The van der Waals surface area contributed by atoms with E-state index in [0.717, 1.165) is 19.3 Å². The van der Waals surface area contributed by atoms with E-state index in [1.54, 1.807) is 0 Å². The SMILES string of the molecule is CC1CC(C(=O)N2CCNC(=O)CC2)CCC1N. The van der Waals surface area contributed by atoms with Crippen LogP contribution in [0.2, 0.25) is 0 Å². The van der Waals surface area contributed by atoms with Crippen molar-refractivity contribution in [2.45, 2.75) is 38.6 Å². The topological polar surface area (TPSA) is 75.4 Å². The Morgan fingerprint density at radius 2 is 2.17 bits per heavy atom. The minimum absolute atomic E-state index is 0.0457. The average Bonchev–Trinajstić information content (AvgIpc) is 2.57. The summed E-state index contributed by atoms with van der Waals surface area (Å²) in [5.41, 5.74) is 5.98. The van der Waals surface area contributed by atoms with Crippen LogP contribution < -0.4 is 11.1 Å². The molecule has 1 saturated heterocycles. The van der Waals surface area contributed by atoms with Crippen LogP contribution in [0.25, 0.3) is 0 Å². The van der Waals surface area contributed by atoms with Crippen molar-refractivity contribution in [1.82, 2.24) is 10.2 Å². The van der Waals surface area contributed by atoms with Crippen LogP contribution in [0.5, 0.6) is 0 Å². The van der Waals surface area contributed by atoms with Crippen molar-refractivity contribution in [3.8, 4) is 0 Å². The summed E-state index contributed by atoms with van der Waals surface area (Å²) in [5, 5.41) is 2.80. The Hall–Kier alpha value is -1.10. The summed E-state index contributed by atoms with van der Waals surface area (Å²) in [6, 6.07) is 0.237. The molecule has 1 aliphatic heterocycles. The monoisotopic (exact) mass is 253 g/mol. The predicted octanol–water partition coefficient (Wildman–Crippen LogP) is 0.0984. The van der Waals surface area contributed by atoms with E-state index < -0.39 is 0 Å². The molecule has 5 heteroatoms. The van der Waals surface area contributed by atoms with Gasteiger partial charge < -0.3 is 16.0 Å². The minimum atomic E-state index is 0.0457. The third-order valence-electron chi connectivity index (χ3n) is 4.21. The summed E-state index contributed by atoms with van der Waals surface area (Å²) in [4.78, 5) is 25.5. The molecule has 5 nitrogen and oxygen atoms in total. The highest BCUT2D eigenvalue weighted by Gasteiger charge is 2.32. The maximum atomic E-state index is 12.4. The van der Waals surface area contributed by atoms with Gasteiger partial charge >= 0.3 is 0 Å². The number of nitrogens with zero attached hydrogens (tertiary/aromatic N) is 1. The molecule has 2 fully saturated rings. The molecular formula is C13H23N3O2. The number of carbonyl (C=O) groups is 2. The van der Waals surface area contributed by atoms with Crippen molar-refractivity contribution < 1.29 is 9.59 Å². The Bertz CT molecular complexity index is 332. The number of nitrogens with one attached hydrogen (secondary N) is 1. The van der Waals surface area contributed by atoms with Gasteiger partial charge in [-0.1, -0.05) is 6.92 Å². The first kappa shape index (κ1) is 13.3. The van der Waals surface area contributed by atoms with Crippen LogP contribution in [0.3, 0.4) is 0 Å². The van der Waals surface area contributed by atoms with E-state index in [4.69, 9.17) is 5.73 Å². The molecular weight excluding hydrogens is 230 g/mol. The number of hydrogen-bond donors (Lipinski definition) is 2. The number of carbonyl (C=O) groups excluding carboxylic acids is 2. The molecule has 3 N–H and O–H groups in total. The van der Waals surface area contributed by atoms with E-state index in [-0.39, 0.29) is 23.8 Å². The zero-order valence-corrected chi connectivity index (χ0v) is 11.0. The number of hydrogen-bond acceptors (Lipinski definition) is 3. The van der Waals surface area contributed by atoms with Gasteiger partial charge in [-0.2, -0.15) is 0 Å². The summed E-state index contributed by atoms with van der Waals surface area (Å²) in [6.07, 6.45) is 3.14. The number of nitrogens with two attached hydrogens (primary N) is 1. The molecule has 1 saturated carbocycles. The van der Waals surface area contributed by atoms with Gasteiger partial charge in [-0.05, 0) is 25.2 Å². The zero-order chi connectivity index (χ0) is 13.1. The van der Waals surface area contributed by atoms with Gasteiger partial charge in [0.25, 0.3) is 0 Å². The first-order chi connectivity index (χ1) is 8.58. The highest BCUT2D eigenvalue weighted by molar-refractivity contribution is 5.81. The van der Waals surface area contributed by atoms with Crippen LogP contribution in [0.15, 0.2) is 0 Å². The molecule has 2 amide bonds. The fourth-order valence-electron chi connectivity index (χ4n) is 2.89. The van der Waals surface area contributed by atoms with Gasteiger partial charge in [0.2, 0.25) is 11.8 Å². The average molecular weight is 253 g/mol. The Balaban J connectivity index is 1.92. The van der Waals surface area contributed by atoms with Crippen LogP contribution in [0, 0.1) is 11.8 Å². The molecule has 2 rings (SSSR count). The van der Waals surface area contributed by atoms with E-state index >= 15 is 0 Å². The van der Waals surface area contributed by atoms with Gasteiger partial charge in [-0.3, -0.25) is 9.59 Å². The molecule has 3 atom stereocenters. The van der Waals surface area contributed by atoms with Crippen LogP contribution >= 0.6 is 0 Å². The molecule has 3 unspecified atom stereocenters. The van der Waals surface area contributed by atoms with Crippen molar-refractivity contribution in [3.05, 3.63) is 0 Å². The van der Waals surface area contributed by atoms with Crippen molar-refractivity contribution >= 4 is 11.8 Å². The van der Waals surface area contributed by atoms with Gasteiger partial charge in [-0.15, -0.1) is 0 Å². The molecule has 0 aromatic carbocycles. The third kappa shape index (κ3) is 3.02. The molecule has 0 bridgehead atoms. The Morgan fingerprint density at radius 1 is 1.39 bits per heavy atom. The quantitative estimate of drug-likeness (QED) is 0.696. The van der Waals surface area contributed by atoms with Gasteiger partial charge in [0.1, 0.15) is 0 Å². The molecule has 1 heterocycles. The second-order valence-corrected chi connectivity index (χ2v) is 5.58. The standard InChI is InChI=1S/C13H23N3O2/c1-9-8-10(2-3-11(9)14)13(18)16-6-4-12(17)15-5-7-16/h9-11H,2-8,14H2,1H3,(H,15,17). The lowest BCUT2D eigenvalue weighted by Gasteiger charge is -2.34. The predicted molar refractivity (Wildman–Crippen MR) is 68.7 cm³/mol. The van der Waals surface area contributed by atoms with Crippen molar-refractivity contribution in [1.29, 1.82) is 0 Å². The first-order valence-corrected chi connectivity index (χ1v) is 6.89. The Morgan fingerprint density at radius 3 is 2.89 bits per heavy atom. The van der Waals surface area contributed by atoms with E-state index in [2.05, 4.69) is 12.2 Å². The molecule has 0 aromatic heterocycles. The fourth-order valence-corrected chi connectivity index (χ4v) is 2.89. The lowest BCUT2D eigenvalue weighted by Crippen LogP contribution is -2.43. The van der Waals surface area contributed by atoms with Crippen molar-refractivity contribution in [3.63, 3.8) is 0 Å². The van der Waals surface area contributed by atoms with E-state index in [9.17, 15) is 9.59 Å². The lowest BCUT2D eigenvalue weighted by atomic mass is 9.78. The maximum absolute atomic E-state index is 12.4. The second-order valence-electron chi connectivity index (χ2n) is 5.58. The minimum Gasteiger partial charge on any atom is -0.354 e. The Labute approximate surface area is 108 Å². The Kier molecular flexibility index (Phi) is 4.22. The van der Waals surface area contributed by atoms with Crippen LogP contribution in [0.1, 0.15) is 32.6 Å². The molecule has 1 aliphatic carbocycles. The summed E-state index contributed by atoms with van der Waals surface area (Å²) in [7, 11) is 0. The smallest absolute Gasteiger partial charge is 0.225 e. The highest BCUT2D eigenvalue weighted by Crippen LogP contribution is 2.29. The lowest BCUT2D eigenvalue weighted by molar-refractivity contribution is -0.137. The van der Waals surface area contributed by atoms with Crippen molar-refractivity contribution in [2.24, 2.45) is 17.6 Å². The van der Waals surface area contributed by atoms with Crippen LogP contribution in [-0.2, 0) is 9.59 Å². The van der Waals surface area contributed by atoms with Crippen molar-refractivity contribution in [2.75, 3.05) is 19.6 Å². The van der Waals surface area contributed by atoms with Gasteiger partial charge in [-0.25, -0.2) is 0 Å². The summed E-state index contributed by atoms with van der Waals surface area (Å²) >= 11 is 0. The van der Waals surface area contributed by atoms with Gasteiger partial charge in [0.05, 0.1) is 0 Å². The van der Waals surface area contributed by atoms with E-state index in [0.29, 0.717) is 32.0 Å². The fraction of sp³-hybridized carbons (Fsp3) is 0.846. The van der Waals surface area contributed by atoms with Gasteiger partial charge in [0, 0.05) is 38.0 Å². The summed E-state index contributed by atoms with van der Waals surface area (Å²) in [6.45, 7) is 3.90. The molecule has 2 aliphatic rings. The van der Waals surface area contributed by atoms with E-state index in [1.807, 2.05) is 4.90 Å². The molecule has 18 heavy (non-hydrogen) atoms. The van der Waals surface area contributed by atoms with Crippen LogP contribution in [-0.4, -0.2) is 42.4 Å². The molecule has 0 spiro atoms. The number of rotatable bonds is 1. The maximum Gasteiger partial charge on any atom is 0.225 e. The summed E-state index contributed by atoms with van der Waals surface area (Å²) < 4.78 is 0. The highest BCUT2D eigenvalue weighted by atomic mass is 16.2. The molecule has 0 radical (unpaired) electrons. The largest absolute Gasteiger partial charge is 0.354 e.